The van der Waals surface area contributed by atoms with Crippen LogP contribution in [-0.4, -0.2) is 67.4 Å². The van der Waals surface area contributed by atoms with Crippen LogP contribution in [0.5, 0.6) is 0 Å². The minimum absolute atomic E-state index is 0.133. The summed E-state index contributed by atoms with van der Waals surface area (Å²) in [6, 6.07) is 18.6. The molecule has 1 aromatic heterocycles. The maximum atomic E-state index is 14.1. The molecule has 0 bridgehead atoms. The molecule has 0 unspecified atom stereocenters. The molecule has 5 rings (SSSR count). The molecular formula is C33H40N4O4Si. The van der Waals surface area contributed by atoms with Crippen LogP contribution in [-0.2, 0) is 29.4 Å². The lowest BCUT2D eigenvalue weighted by molar-refractivity contribution is -0.121. The fourth-order valence-electron chi connectivity index (χ4n) is 5.73. The lowest BCUT2D eigenvalue weighted by Gasteiger charge is -2.17. The van der Waals surface area contributed by atoms with E-state index in [9.17, 15) is 14.4 Å². The zero-order valence-electron chi connectivity index (χ0n) is 25.4. The van der Waals surface area contributed by atoms with Gasteiger partial charge in [0.25, 0.3) is 11.8 Å². The zero-order valence-corrected chi connectivity index (χ0v) is 26.4. The van der Waals surface area contributed by atoms with Crippen LogP contribution >= 0.6 is 0 Å². The number of hydrogen-bond donors (Lipinski definition) is 1. The zero-order chi connectivity index (χ0) is 30.2. The van der Waals surface area contributed by atoms with Gasteiger partial charge in [-0.05, 0) is 49.8 Å². The van der Waals surface area contributed by atoms with Gasteiger partial charge in [-0.1, -0.05) is 68.2 Å². The monoisotopic (exact) mass is 584 g/mol. The molecule has 3 aromatic carbocycles. The van der Waals surface area contributed by atoms with Gasteiger partial charge in [-0.3, -0.25) is 19.3 Å². The molecule has 3 amide bonds. The van der Waals surface area contributed by atoms with E-state index >= 15 is 0 Å². The third-order valence-corrected chi connectivity index (χ3v) is 9.50. The van der Waals surface area contributed by atoms with E-state index in [0.29, 0.717) is 30.0 Å². The Bertz CT molecular complexity index is 1670. The van der Waals surface area contributed by atoms with Gasteiger partial charge in [-0.2, -0.15) is 0 Å². The molecule has 0 saturated carbocycles. The third-order valence-electron chi connectivity index (χ3n) is 7.80. The average Bonchev–Trinajstić information content (AvgIpc) is 3.39. The Kier molecular flexibility index (Phi) is 8.36. The number of nitrogens with one attached hydrogen (secondary N) is 1. The van der Waals surface area contributed by atoms with Gasteiger partial charge in [0.15, 0.2) is 0 Å². The van der Waals surface area contributed by atoms with Gasteiger partial charge in [0.2, 0.25) is 5.91 Å². The maximum absolute atomic E-state index is 14.1. The van der Waals surface area contributed by atoms with Crippen molar-refractivity contribution in [1.29, 1.82) is 0 Å². The highest BCUT2D eigenvalue weighted by Gasteiger charge is 2.41. The number of benzene rings is 3. The van der Waals surface area contributed by atoms with Crippen molar-refractivity contribution in [2.45, 2.75) is 52.4 Å². The van der Waals surface area contributed by atoms with Crippen molar-refractivity contribution in [3.05, 3.63) is 82.4 Å². The molecule has 1 N–H and O–H groups in total. The summed E-state index contributed by atoms with van der Waals surface area (Å²) in [7, 11) is 2.39. The number of aromatic nitrogens is 1. The van der Waals surface area contributed by atoms with Crippen molar-refractivity contribution in [2.75, 3.05) is 27.2 Å². The van der Waals surface area contributed by atoms with Crippen molar-refractivity contribution >= 4 is 47.6 Å². The Morgan fingerprint density at radius 3 is 2.31 bits per heavy atom. The first-order valence-corrected chi connectivity index (χ1v) is 18.1. The van der Waals surface area contributed by atoms with E-state index in [1.165, 1.54) is 4.90 Å². The number of rotatable bonds is 11. The van der Waals surface area contributed by atoms with Crippen LogP contribution in [0.3, 0.4) is 0 Å². The van der Waals surface area contributed by atoms with Crippen LogP contribution in [0.4, 0.5) is 0 Å². The second-order valence-electron chi connectivity index (χ2n) is 12.6. The second kappa shape index (κ2) is 11.8. The van der Waals surface area contributed by atoms with Crippen molar-refractivity contribution in [1.82, 2.24) is 19.7 Å². The van der Waals surface area contributed by atoms with Gasteiger partial charge in [-0.15, -0.1) is 0 Å². The number of aryl methyl sites for hydroxylation is 1. The molecule has 4 aromatic rings. The number of nitrogens with zero attached hydrogens (tertiary/aromatic N) is 3. The van der Waals surface area contributed by atoms with Gasteiger partial charge in [0, 0.05) is 32.0 Å². The van der Waals surface area contributed by atoms with Crippen LogP contribution in [0.1, 0.15) is 37.4 Å². The van der Waals surface area contributed by atoms with E-state index < -0.39 is 8.07 Å². The molecule has 1 aliphatic heterocycles. The van der Waals surface area contributed by atoms with Crippen LogP contribution in [0.2, 0.25) is 25.7 Å². The topological polar surface area (TPSA) is 83.9 Å². The quantitative estimate of drug-likeness (QED) is 0.145. The molecule has 0 spiro atoms. The lowest BCUT2D eigenvalue weighted by Crippen LogP contribution is -2.33. The van der Waals surface area contributed by atoms with Crippen LogP contribution in [0.15, 0.2) is 54.6 Å². The third kappa shape index (κ3) is 5.77. The molecule has 0 fully saturated rings. The first kappa shape index (κ1) is 29.7. The van der Waals surface area contributed by atoms with Gasteiger partial charge >= 0.3 is 0 Å². The molecule has 42 heavy (non-hydrogen) atoms. The number of ether oxygens (including phenoxy) is 1. The molecule has 0 aliphatic carbocycles. The predicted octanol–water partition coefficient (Wildman–Crippen LogP) is 5.39. The molecule has 1 aliphatic rings. The van der Waals surface area contributed by atoms with Crippen LogP contribution in [0.25, 0.3) is 21.8 Å². The molecule has 0 radical (unpaired) electrons. The number of para-hydroxylation sites is 1. The summed E-state index contributed by atoms with van der Waals surface area (Å²) in [5.41, 5.74) is 4.92. The van der Waals surface area contributed by atoms with E-state index in [2.05, 4.69) is 29.5 Å². The first-order valence-electron chi connectivity index (χ1n) is 14.4. The fourth-order valence-corrected chi connectivity index (χ4v) is 6.49. The number of fused-ring (bicyclic) bond motifs is 4. The number of carbonyl (C=O) groups excluding carboxylic acids is 3. The normalized spacial score (nSPS) is 13.5. The van der Waals surface area contributed by atoms with E-state index in [0.717, 1.165) is 39.0 Å². The largest absolute Gasteiger partial charge is 0.361 e. The number of carbonyl (C=O) groups is 3. The number of likely N-dealkylation sites (N-methyl/N-ethyl adjacent to an activating group) is 1. The van der Waals surface area contributed by atoms with Crippen molar-refractivity contribution in [3.8, 4) is 0 Å². The van der Waals surface area contributed by atoms with Gasteiger partial charge < -0.3 is 19.5 Å². The number of amides is 3. The summed E-state index contributed by atoms with van der Waals surface area (Å²) in [6.07, 6.45) is 0. The molecule has 220 valence electrons. The maximum Gasteiger partial charge on any atom is 0.262 e. The molecule has 9 heteroatoms. The molecule has 0 saturated heterocycles. The van der Waals surface area contributed by atoms with E-state index in [1.54, 1.807) is 4.90 Å². The van der Waals surface area contributed by atoms with Crippen LogP contribution in [0, 0.1) is 6.92 Å². The summed E-state index contributed by atoms with van der Waals surface area (Å²) in [4.78, 5) is 43.9. The molecule has 0 atom stereocenters. The van der Waals surface area contributed by atoms with E-state index in [-0.39, 0.29) is 37.4 Å². The average molecular weight is 585 g/mol. The minimum atomic E-state index is -1.28. The highest BCUT2D eigenvalue weighted by Crippen LogP contribution is 2.41. The van der Waals surface area contributed by atoms with Gasteiger partial charge in [-0.25, -0.2) is 0 Å². The second-order valence-corrected chi connectivity index (χ2v) is 18.2. The number of imide groups is 1. The number of hydrogen-bond acceptors (Lipinski definition) is 5. The molecular weight excluding hydrogens is 544 g/mol. The smallest absolute Gasteiger partial charge is 0.262 e. The SMILES string of the molecule is Cc1c2c(c(CNC(=O)CN(C)C)c3c4ccccc4n(COCC[Si](C)(C)C)c13)C(=O)N(Cc1ccccc1)C2=O. The van der Waals surface area contributed by atoms with Crippen molar-refractivity contribution in [2.24, 2.45) is 0 Å². The Labute approximate surface area is 248 Å². The van der Waals surface area contributed by atoms with Gasteiger partial charge in [0.1, 0.15) is 6.73 Å². The lowest BCUT2D eigenvalue weighted by atomic mass is 9.92. The van der Waals surface area contributed by atoms with Crippen LogP contribution < -0.4 is 5.32 Å². The minimum Gasteiger partial charge on any atom is -0.361 e. The van der Waals surface area contributed by atoms with Crippen molar-refractivity contribution < 1.29 is 19.1 Å². The Hall–Kier alpha value is -3.79. The van der Waals surface area contributed by atoms with E-state index in [4.69, 9.17) is 4.74 Å². The van der Waals surface area contributed by atoms with Gasteiger partial charge in [0.05, 0.1) is 35.2 Å². The highest BCUT2D eigenvalue weighted by atomic mass is 28.3. The fraction of sp³-hybridized carbons (Fsp3) is 0.364. The van der Waals surface area contributed by atoms with E-state index in [1.807, 2.05) is 75.6 Å². The summed E-state index contributed by atoms with van der Waals surface area (Å²) in [6.45, 7) is 10.4. The summed E-state index contributed by atoms with van der Waals surface area (Å²) < 4.78 is 8.35. The predicted molar refractivity (Wildman–Crippen MR) is 169 cm³/mol. The Balaban J connectivity index is 1.67. The summed E-state index contributed by atoms with van der Waals surface area (Å²) >= 11 is 0. The summed E-state index contributed by atoms with van der Waals surface area (Å²) in [5.74, 6) is -0.793. The standard InChI is InChI=1S/C33H40N4O4Si/c1-22-28-30(33(40)36(32(28)39)19-23-12-8-7-9-13-23)25(18-34-27(38)20-35(2)3)29-24-14-10-11-15-26(24)37(31(22)29)21-41-16-17-42(4,5)6/h7-15H,16-21H2,1-6H3,(H,34,38). The van der Waals surface area contributed by atoms with Crippen molar-refractivity contribution in [3.63, 3.8) is 0 Å². The Morgan fingerprint density at radius 2 is 1.62 bits per heavy atom. The molecule has 2 heterocycles. The highest BCUT2D eigenvalue weighted by molar-refractivity contribution is 6.76. The molecule has 8 nitrogen and oxygen atoms in total. The summed E-state index contributed by atoms with van der Waals surface area (Å²) in [5, 5.41) is 4.86. The Morgan fingerprint density at radius 1 is 0.952 bits per heavy atom. The first-order chi connectivity index (χ1) is 20.0.